The normalized spacial score (nSPS) is 14.2. The summed E-state index contributed by atoms with van der Waals surface area (Å²) in [4.78, 5) is 2.22. The number of aliphatic hydroxyl groups is 1. The van der Waals surface area contributed by atoms with Gasteiger partial charge in [-0.1, -0.05) is 19.8 Å². The maximum absolute atomic E-state index is 9.63. The smallest absolute Gasteiger partial charge is 0.0591 e. The van der Waals surface area contributed by atoms with Crippen LogP contribution in [0.2, 0.25) is 0 Å². The van der Waals surface area contributed by atoms with E-state index in [0.29, 0.717) is 0 Å². The van der Waals surface area contributed by atoms with Crippen LogP contribution in [0.1, 0.15) is 52.9 Å². The lowest BCUT2D eigenvalue weighted by atomic mass is 9.95. The molecule has 1 atom stereocenters. The molecule has 0 aromatic heterocycles. The number of nitrogens with one attached hydrogen (secondary N) is 1. The maximum atomic E-state index is 9.63. The van der Waals surface area contributed by atoms with Crippen molar-refractivity contribution in [2.24, 2.45) is 5.92 Å². The molecule has 0 fully saturated rings. The van der Waals surface area contributed by atoms with Gasteiger partial charge >= 0.3 is 0 Å². The van der Waals surface area contributed by atoms with Gasteiger partial charge in [-0.25, -0.2) is 0 Å². The molecule has 0 heterocycles. The van der Waals surface area contributed by atoms with Crippen LogP contribution < -0.4 is 5.32 Å². The molecule has 3 heteroatoms. The Labute approximate surface area is 114 Å². The topological polar surface area (TPSA) is 35.5 Å². The molecule has 0 spiro atoms. The summed E-state index contributed by atoms with van der Waals surface area (Å²) in [5.41, 5.74) is -0.496. The average molecular weight is 258 g/mol. The quantitative estimate of drug-likeness (QED) is 0.559. The van der Waals surface area contributed by atoms with E-state index in [0.717, 1.165) is 38.4 Å². The molecule has 0 saturated carbocycles. The largest absolute Gasteiger partial charge is 0.390 e. The van der Waals surface area contributed by atoms with E-state index in [1.54, 1.807) is 0 Å². The summed E-state index contributed by atoms with van der Waals surface area (Å²) in [6, 6.07) is 0. The van der Waals surface area contributed by atoms with E-state index >= 15 is 0 Å². The van der Waals surface area contributed by atoms with Crippen molar-refractivity contribution in [1.82, 2.24) is 10.2 Å². The third kappa shape index (κ3) is 13.9. The van der Waals surface area contributed by atoms with Gasteiger partial charge in [0, 0.05) is 0 Å². The van der Waals surface area contributed by atoms with E-state index in [2.05, 4.69) is 31.2 Å². The molecule has 0 bridgehead atoms. The SMILES string of the molecule is C[C@@H](CCCC(C)(C)O)CCNCCCN(C)C. The van der Waals surface area contributed by atoms with Crippen LogP contribution >= 0.6 is 0 Å². The van der Waals surface area contributed by atoms with Gasteiger partial charge in [-0.3, -0.25) is 0 Å². The van der Waals surface area contributed by atoms with Crippen LogP contribution in [-0.4, -0.2) is 49.3 Å². The van der Waals surface area contributed by atoms with E-state index in [4.69, 9.17) is 0 Å². The Morgan fingerprint density at radius 2 is 1.78 bits per heavy atom. The van der Waals surface area contributed by atoms with Crippen LogP contribution in [0, 0.1) is 5.92 Å². The second-order valence-electron chi connectivity index (χ2n) is 6.51. The molecule has 0 amide bonds. The first-order valence-electron chi connectivity index (χ1n) is 7.39. The molecule has 0 radical (unpaired) electrons. The summed E-state index contributed by atoms with van der Waals surface area (Å²) in [6.07, 6.45) is 5.73. The van der Waals surface area contributed by atoms with Crippen LogP contribution in [0.15, 0.2) is 0 Å². The molecular weight excluding hydrogens is 224 g/mol. The van der Waals surface area contributed by atoms with Crippen LogP contribution in [0.4, 0.5) is 0 Å². The van der Waals surface area contributed by atoms with Crippen molar-refractivity contribution in [2.45, 2.75) is 58.5 Å². The fourth-order valence-corrected chi connectivity index (χ4v) is 2.02. The van der Waals surface area contributed by atoms with Crippen molar-refractivity contribution in [3.05, 3.63) is 0 Å². The van der Waals surface area contributed by atoms with Crippen LogP contribution in [0.5, 0.6) is 0 Å². The highest BCUT2D eigenvalue weighted by Crippen LogP contribution is 2.17. The minimum absolute atomic E-state index is 0.496. The molecule has 0 rings (SSSR count). The monoisotopic (exact) mass is 258 g/mol. The lowest BCUT2D eigenvalue weighted by Crippen LogP contribution is -2.23. The fraction of sp³-hybridized carbons (Fsp3) is 1.00. The van der Waals surface area contributed by atoms with Gasteiger partial charge in [0.05, 0.1) is 5.60 Å². The predicted molar refractivity (Wildman–Crippen MR) is 80.0 cm³/mol. The highest BCUT2D eigenvalue weighted by atomic mass is 16.3. The lowest BCUT2D eigenvalue weighted by Gasteiger charge is -2.18. The summed E-state index contributed by atoms with van der Waals surface area (Å²) in [5, 5.41) is 13.1. The molecule has 0 aliphatic heterocycles. The maximum Gasteiger partial charge on any atom is 0.0591 e. The Hall–Kier alpha value is -0.120. The summed E-state index contributed by atoms with van der Waals surface area (Å²) < 4.78 is 0. The minimum atomic E-state index is -0.496. The van der Waals surface area contributed by atoms with Crippen molar-refractivity contribution in [1.29, 1.82) is 0 Å². The number of nitrogens with zero attached hydrogens (tertiary/aromatic N) is 1. The van der Waals surface area contributed by atoms with Crippen LogP contribution in [-0.2, 0) is 0 Å². The first-order valence-corrected chi connectivity index (χ1v) is 7.39. The molecule has 18 heavy (non-hydrogen) atoms. The molecule has 0 aliphatic carbocycles. The van der Waals surface area contributed by atoms with Crippen molar-refractivity contribution in [2.75, 3.05) is 33.7 Å². The van der Waals surface area contributed by atoms with Crippen molar-refractivity contribution >= 4 is 0 Å². The lowest BCUT2D eigenvalue weighted by molar-refractivity contribution is 0.0669. The third-order valence-electron chi connectivity index (χ3n) is 3.26. The average Bonchev–Trinajstić information content (AvgIpc) is 2.20. The summed E-state index contributed by atoms with van der Waals surface area (Å²) in [6.45, 7) is 9.50. The molecule has 0 aliphatic rings. The summed E-state index contributed by atoms with van der Waals surface area (Å²) in [5.74, 6) is 0.758. The Morgan fingerprint density at radius 1 is 1.11 bits per heavy atom. The van der Waals surface area contributed by atoms with Gasteiger partial charge in [-0.05, 0) is 72.8 Å². The molecule has 0 saturated heterocycles. The summed E-state index contributed by atoms with van der Waals surface area (Å²) >= 11 is 0. The highest BCUT2D eigenvalue weighted by molar-refractivity contribution is 4.66. The van der Waals surface area contributed by atoms with Crippen molar-refractivity contribution in [3.8, 4) is 0 Å². The zero-order chi connectivity index (χ0) is 14.0. The van der Waals surface area contributed by atoms with E-state index in [1.165, 1.54) is 19.3 Å². The van der Waals surface area contributed by atoms with Gasteiger partial charge in [0.2, 0.25) is 0 Å². The molecule has 2 N–H and O–H groups in total. The van der Waals surface area contributed by atoms with Gasteiger partial charge < -0.3 is 15.3 Å². The molecule has 0 aromatic rings. The van der Waals surface area contributed by atoms with Gasteiger partial charge in [0.1, 0.15) is 0 Å². The first kappa shape index (κ1) is 17.9. The fourth-order valence-electron chi connectivity index (χ4n) is 2.02. The van der Waals surface area contributed by atoms with E-state index < -0.39 is 5.60 Å². The molecule has 0 aromatic carbocycles. The van der Waals surface area contributed by atoms with Gasteiger partial charge in [0.25, 0.3) is 0 Å². The zero-order valence-corrected chi connectivity index (χ0v) is 13.1. The highest BCUT2D eigenvalue weighted by Gasteiger charge is 2.12. The first-order chi connectivity index (χ1) is 8.31. The number of hydrogen-bond acceptors (Lipinski definition) is 3. The third-order valence-corrected chi connectivity index (χ3v) is 3.26. The van der Waals surface area contributed by atoms with E-state index in [-0.39, 0.29) is 0 Å². The van der Waals surface area contributed by atoms with Crippen molar-refractivity contribution < 1.29 is 5.11 Å². The van der Waals surface area contributed by atoms with E-state index in [9.17, 15) is 5.11 Å². The van der Waals surface area contributed by atoms with Gasteiger partial charge in [0.15, 0.2) is 0 Å². The number of hydrogen-bond donors (Lipinski definition) is 2. The Morgan fingerprint density at radius 3 is 2.33 bits per heavy atom. The van der Waals surface area contributed by atoms with Crippen LogP contribution in [0.25, 0.3) is 0 Å². The Bertz CT molecular complexity index is 187. The van der Waals surface area contributed by atoms with Gasteiger partial charge in [-0.15, -0.1) is 0 Å². The van der Waals surface area contributed by atoms with Gasteiger partial charge in [-0.2, -0.15) is 0 Å². The van der Waals surface area contributed by atoms with E-state index in [1.807, 2.05) is 13.8 Å². The zero-order valence-electron chi connectivity index (χ0n) is 13.1. The van der Waals surface area contributed by atoms with Crippen LogP contribution in [0.3, 0.4) is 0 Å². The molecule has 0 unspecified atom stereocenters. The standard InChI is InChI=1S/C15H34N2O/c1-14(8-6-10-15(2,3)18)9-12-16-11-7-13-17(4)5/h14,16,18H,6-13H2,1-5H3/t14-/m0/s1. The predicted octanol–water partition coefficient (Wildman–Crippen LogP) is 2.50. The Balaban J connectivity index is 3.29. The molecule has 3 nitrogen and oxygen atoms in total. The number of rotatable bonds is 11. The minimum Gasteiger partial charge on any atom is -0.390 e. The molecular formula is C15H34N2O. The second kappa shape index (κ2) is 9.76. The Kier molecular flexibility index (Phi) is 9.70. The summed E-state index contributed by atoms with van der Waals surface area (Å²) in [7, 11) is 4.23. The van der Waals surface area contributed by atoms with Crippen molar-refractivity contribution in [3.63, 3.8) is 0 Å². The molecule has 110 valence electrons. The second-order valence-corrected chi connectivity index (χ2v) is 6.51.